The normalized spacial score (nSPS) is 14.3. The summed E-state index contributed by atoms with van der Waals surface area (Å²) < 4.78 is 5.14. The van der Waals surface area contributed by atoms with Crippen LogP contribution in [0.25, 0.3) is 0 Å². The number of carbonyl (C=O) groups is 3. The van der Waals surface area contributed by atoms with E-state index >= 15 is 0 Å². The van der Waals surface area contributed by atoms with Crippen LogP contribution in [0.2, 0.25) is 0 Å². The molecular weight excluding hydrogens is 390 g/mol. The zero-order valence-corrected chi connectivity index (χ0v) is 17.4. The molecule has 0 atom stereocenters. The monoisotopic (exact) mass is 415 g/mol. The van der Waals surface area contributed by atoms with Gasteiger partial charge in [0.15, 0.2) is 0 Å². The Morgan fingerprint density at radius 2 is 1.97 bits per heavy atom. The minimum atomic E-state index is -0.264. The molecule has 8 heteroatoms. The second-order valence-corrected chi connectivity index (χ2v) is 7.97. The SMILES string of the molecule is COc1cccc(NC(=O)CN(C)C(=O)C2CCN(C(=O)c3cccs3)CC2)c1. The highest BCUT2D eigenvalue weighted by atomic mass is 32.1. The number of hydrogen-bond acceptors (Lipinski definition) is 5. The van der Waals surface area contributed by atoms with Crippen LogP contribution in [-0.4, -0.2) is 61.3 Å². The van der Waals surface area contributed by atoms with Gasteiger partial charge in [-0.3, -0.25) is 14.4 Å². The van der Waals surface area contributed by atoms with Crippen LogP contribution >= 0.6 is 11.3 Å². The highest BCUT2D eigenvalue weighted by molar-refractivity contribution is 7.12. The summed E-state index contributed by atoms with van der Waals surface area (Å²) in [6, 6.07) is 10.7. The summed E-state index contributed by atoms with van der Waals surface area (Å²) in [7, 11) is 3.20. The largest absolute Gasteiger partial charge is 0.497 e. The molecule has 0 unspecified atom stereocenters. The first kappa shape index (κ1) is 20.9. The van der Waals surface area contributed by atoms with E-state index in [1.807, 2.05) is 17.5 Å². The molecule has 1 fully saturated rings. The Morgan fingerprint density at radius 1 is 1.21 bits per heavy atom. The first-order valence-corrected chi connectivity index (χ1v) is 10.4. The predicted octanol–water partition coefficient (Wildman–Crippen LogP) is 2.71. The van der Waals surface area contributed by atoms with Crippen LogP contribution < -0.4 is 10.1 Å². The van der Waals surface area contributed by atoms with Gasteiger partial charge in [-0.1, -0.05) is 12.1 Å². The number of benzene rings is 1. The van der Waals surface area contributed by atoms with E-state index in [1.165, 1.54) is 16.2 Å². The number of hydrogen-bond donors (Lipinski definition) is 1. The molecule has 3 rings (SSSR count). The molecule has 29 heavy (non-hydrogen) atoms. The minimum absolute atomic E-state index is 0.0234. The van der Waals surface area contributed by atoms with E-state index in [2.05, 4.69) is 5.32 Å². The molecule has 1 saturated heterocycles. The van der Waals surface area contributed by atoms with Crippen molar-refractivity contribution in [3.05, 3.63) is 46.7 Å². The number of amides is 3. The molecule has 0 saturated carbocycles. The van der Waals surface area contributed by atoms with E-state index in [1.54, 1.807) is 43.3 Å². The summed E-state index contributed by atoms with van der Waals surface area (Å²) >= 11 is 1.43. The van der Waals surface area contributed by atoms with Gasteiger partial charge in [-0.15, -0.1) is 11.3 Å². The molecule has 3 amide bonds. The van der Waals surface area contributed by atoms with Crippen LogP contribution in [-0.2, 0) is 9.59 Å². The van der Waals surface area contributed by atoms with E-state index in [9.17, 15) is 14.4 Å². The molecule has 0 spiro atoms. The van der Waals surface area contributed by atoms with E-state index in [-0.39, 0.29) is 30.2 Å². The Labute approximate surface area is 174 Å². The maximum atomic E-state index is 12.7. The highest BCUT2D eigenvalue weighted by Gasteiger charge is 2.30. The molecule has 1 aliphatic heterocycles. The van der Waals surface area contributed by atoms with Crippen molar-refractivity contribution in [1.29, 1.82) is 0 Å². The summed E-state index contributed by atoms with van der Waals surface area (Å²) in [5, 5.41) is 4.66. The van der Waals surface area contributed by atoms with Crippen molar-refractivity contribution in [3.63, 3.8) is 0 Å². The lowest BCUT2D eigenvalue weighted by molar-refractivity contribution is -0.138. The number of likely N-dealkylation sites (tertiary alicyclic amines) is 1. The lowest BCUT2D eigenvalue weighted by Crippen LogP contribution is -2.44. The van der Waals surface area contributed by atoms with Gasteiger partial charge in [0.1, 0.15) is 5.75 Å². The van der Waals surface area contributed by atoms with Crippen molar-refractivity contribution in [2.24, 2.45) is 5.92 Å². The fourth-order valence-corrected chi connectivity index (χ4v) is 4.08. The number of thiophene rings is 1. The third kappa shape index (κ3) is 5.35. The molecule has 1 N–H and O–H groups in total. The number of methoxy groups -OCH3 is 1. The summed E-state index contributed by atoms with van der Waals surface area (Å²) in [6.45, 7) is 1.08. The number of carbonyl (C=O) groups excluding carboxylic acids is 3. The van der Waals surface area contributed by atoms with Gasteiger partial charge < -0.3 is 19.9 Å². The third-order valence-electron chi connectivity index (χ3n) is 4.97. The Hall–Kier alpha value is -2.87. The Kier molecular flexibility index (Phi) is 6.87. The zero-order chi connectivity index (χ0) is 20.8. The number of nitrogens with zero attached hydrogens (tertiary/aromatic N) is 2. The molecule has 154 valence electrons. The fraction of sp³-hybridized carbons (Fsp3) is 0.381. The van der Waals surface area contributed by atoms with Crippen LogP contribution in [0.1, 0.15) is 22.5 Å². The highest BCUT2D eigenvalue weighted by Crippen LogP contribution is 2.22. The molecule has 0 aliphatic carbocycles. The number of ether oxygens (including phenoxy) is 1. The number of likely N-dealkylation sites (N-methyl/N-ethyl adjacent to an activating group) is 1. The molecular formula is C21H25N3O4S. The maximum absolute atomic E-state index is 12.7. The fourth-order valence-electron chi connectivity index (χ4n) is 3.39. The third-order valence-corrected chi connectivity index (χ3v) is 5.83. The van der Waals surface area contributed by atoms with Crippen LogP contribution in [0.3, 0.4) is 0 Å². The topological polar surface area (TPSA) is 79.0 Å². The van der Waals surface area contributed by atoms with Crippen LogP contribution in [0, 0.1) is 5.92 Å². The molecule has 2 aromatic rings. The second kappa shape index (κ2) is 9.56. The molecule has 1 aliphatic rings. The van der Waals surface area contributed by atoms with Crippen molar-refractivity contribution in [1.82, 2.24) is 9.80 Å². The molecule has 7 nitrogen and oxygen atoms in total. The summed E-state index contributed by atoms with van der Waals surface area (Å²) in [4.78, 5) is 41.4. The first-order valence-electron chi connectivity index (χ1n) is 9.49. The number of anilines is 1. The Bertz CT molecular complexity index is 861. The summed E-state index contributed by atoms with van der Waals surface area (Å²) in [5.74, 6) is 0.179. The van der Waals surface area contributed by atoms with E-state index < -0.39 is 0 Å². The summed E-state index contributed by atoms with van der Waals surface area (Å²) in [5.41, 5.74) is 0.621. The van der Waals surface area contributed by atoms with Gasteiger partial charge in [0.25, 0.3) is 5.91 Å². The van der Waals surface area contributed by atoms with Gasteiger partial charge in [-0.2, -0.15) is 0 Å². The zero-order valence-electron chi connectivity index (χ0n) is 16.6. The van der Waals surface area contributed by atoms with E-state index in [0.29, 0.717) is 37.4 Å². The minimum Gasteiger partial charge on any atom is -0.497 e. The second-order valence-electron chi connectivity index (χ2n) is 7.02. The smallest absolute Gasteiger partial charge is 0.263 e. The van der Waals surface area contributed by atoms with Crippen LogP contribution in [0.15, 0.2) is 41.8 Å². The number of nitrogens with one attached hydrogen (secondary N) is 1. The number of rotatable bonds is 6. The van der Waals surface area contributed by atoms with Gasteiger partial charge in [-0.25, -0.2) is 0 Å². The van der Waals surface area contributed by atoms with Crippen molar-refractivity contribution >= 4 is 34.7 Å². The van der Waals surface area contributed by atoms with Crippen molar-refractivity contribution in [2.45, 2.75) is 12.8 Å². The lowest BCUT2D eigenvalue weighted by Gasteiger charge is -2.32. The Balaban J connectivity index is 1.47. The molecule has 2 heterocycles. The molecule has 0 radical (unpaired) electrons. The average Bonchev–Trinajstić information content (AvgIpc) is 3.27. The predicted molar refractivity (Wildman–Crippen MR) is 112 cm³/mol. The van der Waals surface area contributed by atoms with Gasteiger partial charge in [0.05, 0.1) is 18.5 Å². The number of piperidine rings is 1. The standard InChI is InChI=1S/C21H25N3O4S/c1-23(14-19(25)22-16-5-3-6-17(13-16)28-2)20(26)15-8-10-24(11-9-15)21(27)18-7-4-12-29-18/h3-7,12-13,15H,8-11,14H2,1-2H3,(H,22,25). The average molecular weight is 416 g/mol. The van der Waals surface area contributed by atoms with E-state index in [4.69, 9.17) is 4.74 Å². The first-order chi connectivity index (χ1) is 14.0. The van der Waals surface area contributed by atoms with Gasteiger partial charge in [0, 0.05) is 37.8 Å². The van der Waals surface area contributed by atoms with Crippen LogP contribution in [0.4, 0.5) is 5.69 Å². The molecule has 0 bridgehead atoms. The molecule has 1 aromatic carbocycles. The summed E-state index contributed by atoms with van der Waals surface area (Å²) in [6.07, 6.45) is 1.22. The van der Waals surface area contributed by atoms with Gasteiger partial charge in [0.2, 0.25) is 11.8 Å². The van der Waals surface area contributed by atoms with E-state index in [0.717, 1.165) is 4.88 Å². The molecule has 1 aromatic heterocycles. The quantitative estimate of drug-likeness (QED) is 0.787. The lowest BCUT2D eigenvalue weighted by atomic mass is 9.95. The maximum Gasteiger partial charge on any atom is 0.263 e. The van der Waals surface area contributed by atoms with Crippen molar-refractivity contribution < 1.29 is 19.1 Å². The van der Waals surface area contributed by atoms with Gasteiger partial charge in [-0.05, 0) is 36.4 Å². The van der Waals surface area contributed by atoms with Crippen molar-refractivity contribution in [3.8, 4) is 5.75 Å². The van der Waals surface area contributed by atoms with Crippen molar-refractivity contribution in [2.75, 3.05) is 39.1 Å². The Morgan fingerprint density at radius 3 is 2.62 bits per heavy atom. The van der Waals surface area contributed by atoms with Crippen LogP contribution in [0.5, 0.6) is 5.75 Å². The van der Waals surface area contributed by atoms with Gasteiger partial charge >= 0.3 is 0 Å².